The van der Waals surface area contributed by atoms with Crippen molar-refractivity contribution >= 4 is 17.3 Å². The Morgan fingerprint density at radius 1 is 1.41 bits per heavy atom. The molecular weight excluding hydrogens is 246 g/mol. The van der Waals surface area contributed by atoms with E-state index in [1.165, 1.54) is 25.3 Å². The summed E-state index contributed by atoms with van der Waals surface area (Å²) in [4.78, 5) is 10.1. The van der Waals surface area contributed by atoms with Gasteiger partial charge in [-0.25, -0.2) is 0 Å². The molecule has 17 heavy (non-hydrogen) atoms. The molecule has 1 aromatic rings. The lowest BCUT2D eigenvalue weighted by Crippen LogP contribution is -1.98. The minimum Gasteiger partial charge on any atom is -0.493 e. The van der Waals surface area contributed by atoms with Gasteiger partial charge in [-0.15, -0.1) is 11.6 Å². The number of nitrogens with zero attached hydrogens (tertiary/aromatic N) is 1. The average Bonchev–Trinajstić information content (AvgIpc) is 2.34. The van der Waals surface area contributed by atoms with Crippen molar-refractivity contribution in [3.05, 3.63) is 40.5 Å². The van der Waals surface area contributed by atoms with Gasteiger partial charge in [0.1, 0.15) is 6.61 Å². The number of allylic oxidation sites excluding steroid dienone is 1. The lowest BCUT2D eigenvalue weighted by molar-refractivity contribution is -0.385. The van der Waals surface area contributed by atoms with Crippen LogP contribution in [0.25, 0.3) is 0 Å². The lowest BCUT2D eigenvalue weighted by Gasteiger charge is -2.08. The van der Waals surface area contributed by atoms with Crippen LogP contribution in [-0.2, 0) is 0 Å². The Balaban J connectivity index is 2.82. The SMILES string of the molecule is COc1ccc([N+](=O)[O-])cc1OCC=CCCl. The number of nitro groups is 1. The van der Waals surface area contributed by atoms with E-state index < -0.39 is 4.92 Å². The second-order valence-electron chi connectivity index (χ2n) is 3.03. The molecule has 0 aliphatic heterocycles. The molecule has 0 atom stereocenters. The summed E-state index contributed by atoms with van der Waals surface area (Å²) < 4.78 is 10.4. The molecule has 92 valence electrons. The molecule has 0 radical (unpaired) electrons. The Bertz CT molecular complexity index is 420. The highest BCUT2D eigenvalue weighted by atomic mass is 35.5. The van der Waals surface area contributed by atoms with Gasteiger partial charge in [0.2, 0.25) is 0 Å². The van der Waals surface area contributed by atoms with Crippen molar-refractivity contribution in [3.8, 4) is 11.5 Å². The van der Waals surface area contributed by atoms with E-state index in [0.717, 1.165) is 0 Å². The summed E-state index contributed by atoms with van der Waals surface area (Å²) in [6, 6.07) is 4.19. The van der Waals surface area contributed by atoms with Crippen LogP contribution < -0.4 is 9.47 Å². The normalized spacial score (nSPS) is 10.5. The van der Waals surface area contributed by atoms with Crippen LogP contribution in [-0.4, -0.2) is 24.5 Å². The molecule has 0 bridgehead atoms. The maximum Gasteiger partial charge on any atom is 0.273 e. The number of ether oxygens (including phenoxy) is 2. The van der Waals surface area contributed by atoms with Crippen LogP contribution in [0, 0.1) is 10.1 Å². The fourth-order valence-electron chi connectivity index (χ4n) is 1.16. The van der Waals surface area contributed by atoms with Crippen LogP contribution in [0.4, 0.5) is 5.69 Å². The van der Waals surface area contributed by atoms with E-state index >= 15 is 0 Å². The third-order valence-electron chi connectivity index (χ3n) is 1.95. The Labute approximate surface area is 104 Å². The molecule has 5 nitrogen and oxygen atoms in total. The monoisotopic (exact) mass is 257 g/mol. The number of non-ortho nitro benzene ring substituents is 1. The maximum absolute atomic E-state index is 10.6. The molecular formula is C11H12ClNO4. The number of halogens is 1. The Morgan fingerprint density at radius 3 is 2.76 bits per heavy atom. The van der Waals surface area contributed by atoms with Gasteiger partial charge in [-0.3, -0.25) is 10.1 Å². The van der Waals surface area contributed by atoms with E-state index in [1.807, 2.05) is 0 Å². The van der Waals surface area contributed by atoms with E-state index in [0.29, 0.717) is 17.4 Å². The van der Waals surface area contributed by atoms with Gasteiger partial charge in [-0.2, -0.15) is 0 Å². The molecule has 1 rings (SSSR count). The number of hydrogen-bond acceptors (Lipinski definition) is 4. The van der Waals surface area contributed by atoms with Gasteiger partial charge >= 0.3 is 0 Å². The first-order valence-electron chi connectivity index (χ1n) is 4.85. The van der Waals surface area contributed by atoms with Gasteiger partial charge in [0.05, 0.1) is 18.1 Å². The molecule has 0 unspecified atom stereocenters. The molecule has 0 N–H and O–H groups in total. The molecule has 0 amide bonds. The standard InChI is InChI=1S/C11H12ClNO4/c1-16-10-5-4-9(13(14)15)8-11(10)17-7-3-2-6-12/h2-5,8H,6-7H2,1H3. The predicted molar refractivity (Wildman–Crippen MR) is 65.0 cm³/mol. The Hall–Kier alpha value is -1.75. The van der Waals surface area contributed by atoms with Crippen molar-refractivity contribution in [3.63, 3.8) is 0 Å². The molecule has 6 heteroatoms. The lowest BCUT2D eigenvalue weighted by atomic mass is 10.3. The smallest absolute Gasteiger partial charge is 0.273 e. The zero-order valence-corrected chi connectivity index (χ0v) is 10.0. The van der Waals surface area contributed by atoms with Crippen molar-refractivity contribution in [2.45, 2.75) is 0 Å². The highest BCUT2D eigenvalue weighted by Crippen LogP contribution is 2.30. The van der Waals surface area contributed by atoms with Gasteiger partial charge < -0.3 is 9.47 Å². The molecule has 0 aliphatic rings. The van der Waals surface area contributed by atoms with Gasteiger partial charge in [-0.05, 0) is 6.07 Å². The number of rotatable bonds is 6. The quantitative estimate of drug-likeness (QED) is 0.340. The van der Waals surface area contributed by atoms with E-state index in [1.54, 1.807) is 12.2 Å². The van der Waals surface area contributed by atoms with Gasteiger partial charge in [0.25, 0.3) is 5.69 Å². The summed E-state index contributed by atoms with van der Waals surface area (Å²) in [6.45, 7) is 0.282. The first-order chi connectivity index (χ1) is 8.19. The van der Waals surface area contributed by atoms with E-state index in [4.69, 9.17) is 21.1 Å². The maximum atomic E-state index is 10.6. The summed E-state index contributed by atoms with van der Waals surface area (Å²) >= 11 is 5.45. The first-order valence-corrected chi connectivity index (χ1v) is 5.38. The third kappa shape index (κ3) is 3.96. The van der Waals surface area contributed by atoms with Gasteiger partial charge in [0.15, 0.2) is 11.5 Å². The van der Waals surface area contributed by atoms with Crippen molar-refractivity contribution in [1.82, 2.24) is 0 Å². The fraction of sp³-hybridized carbons (Fsp3) is 0.273. The van der Waals surface area contributed by atoms with Crippen LogP contribution in [0.2, 0.25) is 0 Å². The molecule has 0 saturated carbocycles. The molecule has 0 aromatic heterocycles. The van der Waals surface area contributed by atoms with Crippen LogP contribution in [0.1, 0.15) is 0 Å². The molecule has 0 aliphatic carbocycles. The molecule has 0 heterocycles. The summed E-state index contributed by atoms with van der Waals surface area (Å²) in [5.74, 6) is 1.19. The van der Waals surface area contributed by atoms with E-state index in [9.17, 15) is 10.1 Å². The summed E-state index contributed by atoms with van der Waals surface area (Å²) in [5.41, 5.74) is -0.0397. The molecule has 1 aromatic carbocycles. The number of hydrogen-bond donors (Lipinski definition) is 0. The van der Waals surface area contributed by atoms with Crippen molar-refractivity contribution in [2.75, 3.05) is 19.6 Å². The molecule has 0 spiro atoms. The Kier molecular flexibility index (Phi) is 5.29. The van der Waals surface area contributed by atoms with E-state index in [2.05, 4.69) is 0 Å². The van der Waals surface area contributed by atoms with Crippen LogP contribution in [0.5, 0.6) is 11.5 Å². The van der Waals surface area contributed by atoms with Crippen molar-refractivity contribution < 1.29 is 14.4 Å². The highest BCUT2D eigenvalue weighted by molar-refractivity contribution is 6.18. The minimum atomic E-state index is -0.485. The Morgan fingerprint density at radius 2 is 2.18 bits per heavy atom. The number of methoxy groups -OCH3 is 1. The van der Waals surface area contributed by atoms with Crippen LogP contribution in [0.15, 0.2) is 30.4 Å². The number of alkyl halides is 1. The third-order valence-corrected chi connectivity index (χ3v) is 2.13. The van der Waals surface area contributed by atoms with Crippen molar-refractivity contribution in [2.24, 2.45) is 0 Å². The minimum absolute atomic E-state index is 0.0397. The van der Waals surface area contributed by atoms with E-state index in [-0.39, 0.29) is 12.3 Å². The summed E-state index contributed by atoms with van der Waals surface area (Å²) in [7, 11) is 1.47. The number of benzene rings is 1. The van der Waals surface area contributed by atoms with Gasteiger partial charge in [-0.1, -0.05) is 12.2 Å². The number of nitro benzene ring substituents is 1. The summed E-state index contributed by atoms with van der Waals surface area (Å²) in [5, 5.41) is 10.6. The highest BCUT2D eigenvalue weighted by Gasteiger charge is 2.11. The zero-order chi connectivity index (χ0) is 12.7. The largest absolute Gasteiger partial charge is 0.493 e. The predicted octanol–water partition coefficient (Wildman–Crippen LogP) is 2.78. The molecule has 0 fully saturated rings. The van der Waals surface area contributed by atoms with Crippen molar-refractivity contribution in [1.29, 1.82) is 0 Å². The summed E-state index contributed by atoms with van der Waals surface area (Å²) in [6.07, 6.45) is 3.46. The van der Waals surface area contributed by atoms with Gasteiger partial charge in [0, 0.05) is 11.9 Å². The second-order valence-corrected chi connectivity index (χ2v) is 3.34. The topological polar surface area (TPSA) is 61.6 Å². The zero-order valence-electron chi connectivity index (χ0n) is 9.26. The first kappa shape index (κ1) is 13.3. The van der Waals surface area contributed by atoms with Crippen LogP contribution in [0.3, 0.4) is 0 Å². The molecule has 0 saturated heterocycles. The van der Waals surface area contributed by atoms with Crippen LogP contribution >= 0.6 is 11.6 Å². The average molecular weight is 258 g/mol. The fourth-order valence-corrected chi connectivity index (χ4v) is 1.29. The second kappa shape index (κ2) is 6.75.